The van der Waals surface area contributed by atoms with E-state index in [1.54, 1.807) is 6.08 Å². The molecule has 0 fully saturated rings. The standard InChI is InChI=1S/C9H10O.Na/c1-2-8-10-9-6-4-3-5-7-9;/h2-7H,1,8H2;. The Labute approximate surface area is 89.4 Å². The molecule has 1 rings (SSSR count). The molecular weight excluding hydrogens is 147 g/mol. The molecule has 1 radical (unpaired) electrons. The molecule has 53 valence electrons. The molecule has 0 spiro atoms. The molecule has 1 aromatic rings. The van der Waals surface area contributed by atoms with Crippen molar-refractivity contribution in [2.24, 2.45) is 0 Å². The first-order valence-corrected chi connectivity index (χ1v) is 3.22. The summed E-state index contributed by atoms with van der Waals surface area (Å²) < 4.78 is 5.24. The fourth-order valence-corrected chi connectivity index (χ4v) is 0.672. The zero-order chi connectivity index (χ0) is 7.23. The molecule has 0 heterocycles. The van der Waals surface area contributed by atoms with E-state index in [0.717, 1.165) is 5.75 Å². The summed E-state index contributed by atoms with van der Waals surface area (Å²) in [5.74, 6) is 0.891. The number of hydrogen-bond donors (Lipinski definition) is 0. The maximum Gasteiger partial charge on any atom is 0.119 e. The molecule has 0 amide bonds. The average molecular weight is 157 g/mol. The quantitative estimate of drug-likeness (QED) is 0.480. The van der Waals surface area contributed by atoms with Crippen LogP contribution in [0, 0.1) is 0 Å². The Bertz CT molecular complexity index is 196. The van der Waals surface area contributed by atoms with Crippen LogP contribution in [-0.2, 0) is 0 Å². The van der Waals surface area contributed by atoms with E-state index in [-0.39, 0.29) is 29.6 Å². The maximum atomic E-state index is 5.24. The maximum absolute atomic E-state index is 5.24. The molecule has 0 aliphatic carbocycles. The molecule has 11 heavy (non-hydrogen) atoms. The van der Waals surface area contributed by atoms with E-state index in [2.05, 4.69) is 6.58 Å². The third-order valence-electron chi connectivity index (χ3n) is 1.11. The van der Waals surface area contributed by atoms with Crippen LogP contribution >= 0.6 is 0 Å². The van der Waals surface area contributed by atoms with E-state index in [1.807, 2.05) is 30.3 Å². The van der Waals surface area contributed by atoms with Gasteiger partial charge in [-0.25, -0.2) is 0 Å². The van der Waals surface area contributed by atoms with Gasteiger partial charge in [0.1, 0.15) is 12.4 Å². The summed E-state index contributed by atoms with van der Waals surface area (Å²) in [5.41, 5.74) is 0. The van der Waals surface area contributed by atoms with Gasteiger partial charge in [-0.2, -0.15) is 0 Å². The van der Waals surface area contributed by atoms with Crippen molar-refractivity contribution in [1.82, 2.24) is 0 Å². The van der Waals surface area contributed by atoms with Gasteiger partial charge in [-0.1, -0.05) is 30.9 Å². The molecular formula is C9H10NaO. The minimum Gasteiger partial charge on any atom is -0.490 e. The Morgan fingerprint density at radius 2 is 1.91 bits per heavy atom. The largest absolute Gasteiger partial charge is 0.490 e. The van der Waals surface area contributed by atoms with Crippen LogP contribution in [0.5, 0.6) is 5.75 Å². The Kier molecular flexibility index (Phi) is 6.33. The third-order valence-corrected chi connectivity index (χ3v) is 1.11. The molecule has 0 bridgehead atoms. The zero-order valence-corrected chi connectivity index (χ0v) is 8.79. The van der Waals surface area contributed by atoms with Crippen LogP contribution in [0.15, 0.2) is 43.0 Å². The number of rotatable bonds is 3. The summed E-state index contributed by atoms with van der Waals surface area (Å²) >= 11 is 0. The van der Waals surface area contributed by atoms with Crippen molar-refractivity contribution < 1.29 is 4.74 Å². The van der Waals surface area contributed by atoms with E-state index in [0.29, 0.717) is 6.61 Å². The van der Waals surface area contributed by atoms with Crippen LogP contribution in [0.2, 0.25) is 0 Å². The molecule has 1 nitrogen and oxygen atoms in total. The fourth-order valence-electron chi connectivity index (χ4n) is 0.672. The average Bonchev–Trinajstić information content (AvgIpc) is 2.03. The predicted octanol–water partition coefficient (Wildman–Crippen LogP) is 1.87. The van der Waals surface area contributed by atoms with E-state index in [1.165, 1.54) is 0 Å². The minimum absolute atomic E-state index is 0. The van der Waals surface area contributed by atoms with Crippen molar-refractivity contribution in [3.63, 3.8) is 0 Å². The SMILES string of the molecule is C=CCOc1ccccc1.[Na]. The second kappa shape index (κ2) is 6.47. The second-order valence-corrected chi connectivity index (χ2v) is 1.91. The van der Waals surface area contributed by atoms with Gasteiger partial charge >= 0.3 is 0 Å². The molecule has 0 atom stereocenters. The van der Waals surface area contributed by atoms with Gasteiger partial charge in [0.2, 0.25) is 0 Å². The Morgan fingerprint density at radius 3 is 2.45 bits per heavy atom. The first kappa shape index (κ1) is 10.8. The Morgan fingerprint density at radius 1 is 1.27 bits per heavy atom. The summed E-state index contributed by atoms with van der Waals surface area (Å²) in [6.07, 6.45) is 1.73. The number of hydrogen-bond acceptors (Lipinski definition) is 1. The van der Waals surface area contributed by atoms with Gasteiger partial charge in [0.25, 0.3) is 0 Å². The molecule has 0 aromatic heterocycles. The van der Waals surface area contributed by atoms with E-state index < -0.39 is 0 Å². The summed E-state index contributed by atoms with van der Waals surface area (Å²) in [6, 6.07) is 9.69. The van der Waals surface area contributed by atoms with Crippen LogP contribution in [0.1, 0.15) is 0 Å². The summed E-state index contributed by atoms with van der Waals surface area (Å²) in [5, 5.41) is 0. The van der Waals surface area contributed by atoms with Crippen LogP contribution in [0.3, 0.4) is 0 Å². The molecule has 0 unspecified atom stereocenters. The Hall–Kier alpha value is -0.240. The molecule has 0 saturated heterocycles. The van der Waals surface area contributed by atoms with Crippen molar-refractivity contribution in [2.75, 3.05) is 6.61 Å². The number of ether oxygens (including phenoxy) is 1. The van der Waals surface area contributed by atoms with Crippen molar-refractivity contribution in [2.45, 2.75) is 0 Å². The van der Waals surface area contributed by atoms with Gasteiger partial charge in [-0.15, -0.1) is 0 Å². The molecule has 0 N–H and O–H groups in total. The van der Waals surface area contributed by atoms with Crippen LogP contribution in [0.4, 0.5) is 0 Å². The number of benzene rings is 1. The molecule has 1 aromatic carbocycles. The predicted molar refractivity (Wildman–Crippen MR) is 47.9 cm³/mol. The molecule has 0 saturated carbocycles. The van der Waals surface area contributed by atoms with Gasteiger partial charge in [0, 0.05) is 29.6 Å². The van der Waals surface area contributed by atoms with Crippen molar-refractivity contribution in [3.8, 4) is 5.75 Å². The second-order valence-electron chi connectivity index (χ2n) is 1.91. The first-order chi connectivity index (χ1) is 4.93. The summed E-state index contributed by atoms with van der Waals surface area (Å²) in [4.78, 5) is 0. The van der Waals surface area contributed by atoms with Gasteiger partial charge < -0.3 is 4.74 Å². The van der Waals surface area contributed by atoms with Crippen molar-refractivity contribution in [1.29, 1.82) is 0 Å². The molecule has 0 aliphatic rings. The van der Waals surface area contributed by atoms with Crippen molar-refractivity contribution >= 4 is 29.6 Å². The smallest absolute Gasteiger partial charge is 0.119 e. The van der Waals surface area contributed by atoms with Gasteiger partial charge in [0.05, 0.1) is 0 Å². The topological polar surface area (TPSA) is 9.23 Å². The normalized spacial score (nSPS) is 8.00. The fraction of sp³-hybridized carbons (Fsp3) is 0.111. The van der Waals surface area contributed by atoms with Crippen LogP contribution in [-0.4, -0.2) is 36.2 Å². The van der Waals surface area contributed by atoms with E-state index in [9.17, 15) is 0 Å². The third kappa shape index (κ3) is 4.25. The zero-order valence-electron chi connectivity index (χ0n) is 6.79. The van der Waals surface area contributed by atoms with Gasteiger partial charge in [-0.3, -0.25) is 0 Å². The summed E-state index contributed by atoms with van der Waals surface area (Å²) in [7, 11) is 0. The monoisotopic (exact) mass is 157 g/mol. The van der Waals surface area contributed by atoms with Crippen molar-refractivity contribution in [3.05, 3.63) is 43.0 Å². The Balaban J connectivity index is 0.000001000. The van der Waals surface area contributed by atoms with Gasteiger partial charge in [0.15, 0.2) is 0 Å². The summed E-state index contributed by atoms with van der Waals surface area (Å²) in [6.45, 7) is 4.12. The minimum atomic E-state index is 0. The number of para-hydroxylation sites is 1. The van der Waals surface area contributed by atoms with Crippen LogP contribution in [0.25, 0.3) is 0 Å². The molecule has 2 heteroatoms. The van der Waals surface area contributed by atoms with Crippen LogP contribution < -0.4 is 4.74 Å². The van der Waals surface area contributed by atoms with Gasteiger partial charge in [-0.05, 0) is 12.1 Å². The van der Waals surface area contributed by atoms with E-state index in [4.69, 9.17) is 4.74 Å². The van der Waals surface area contributed by atoms with E-state index >= 15 is 0 Å². The molecule has 0 aliphatic heterocycles. The first-order valence-electron chi connectivity index (χ1n) is 3.22.